The van der Waals surface area contributed by atoms with Gasteiger partial charge < -0.3 is 32.7 Å². The second kappa shape index (κ2) is 12.2. The molecule has 200 valence electrons. The molecule has 1 saturated heterocycles. The zero-order valence-electron chi connectivity index (χ0n) is 20.1. The zero-order valence-corrected chi connectivity index (χ0v) is 20.1. The van der Waals surface area contributed by atoms with Gasteiger partial charge in [-0.1, -0.05) is 36.4 Å². The van der Waals surface area contributed by atoms with Crippen molar-refractivity contribution in [3.8, 4) is 0 Å². The normalized spacial score (nSPS) is 19.2. The van der Waals surface area contributed by atoms with Crippen molar-refractivity contribution < 1.29 is 27.6 Å². The van der Waals surface area contributed by atoms with E-state index in [4.69, 9.17) is 17.2 Å². The molecule has 3 rings (SSSR count). The molecule has 0 aliphatic carbocycles. The van der Waals surface area contributed by atoms with Gasteiger partial charge in [0, 0.05) is 30.9 Å². The third-order valence-electron chi connectivity index (χ3n) is 6.15. The minimum atomic E-state index is -4.58. The molecule has 0 radical (unpaired) electrons. The summed E-state index contributed by atoms with van der Waals surface area (Å²) >= 11 is 0. The van der Waals surface area contributed by atoms with Crippen LogP contribution in [-0.4, -0.2) is 59.9 Å². The average molecular weight is 521 g/mol. The van der Waals surface area contributed by atoms with Crippen LogP contribution in [0.25, 0.3) is 0 Å². The summed E-state index contributed by atoms with van der Waals surface area (Å²) in [6.07, 6.45) is -4.34. The topological polar surface area (TPSA) is 157 Å². The van der Waals surface area contributed by atoms with Crippen molar-refractivity contribution in [3.63, 3.8) is 0 Å². The van der Waals surface area contributed by atoms with Crippen molar-refractivity contribution >= 4 is 23.4 Å². The maximum Gasteiger partial charge on any atom is 0.416 e. The summed E-state index contributed by atoms with van der Waals surface area (Å²) in [6, 6.07) is 10.3. The zero-order chi connectivity index (χ0) is 27.2. The van der Waals surface area contributed by atoms with Gasteiger partial charge in [-0.25, -0.2) is 0 Å². The highest BCUT2D eigenvalue weighted by atomic mass is 19.4. The molecule has 0 aromatic heterocycles. The number of aryl methyl sites for hydroxylation is 1. The van der Waals surface area contributed by atoms with E-state index in [2.05, 4.69) is 10.6 Å². The monoisotopic (exact) mass is 520 g/mol. The van der Waals surface area contributed by atoms with Crippen molar-refractivity contribution in [3.05, 3.63) is 65.7 Å². The van der Waals surface area contributed by atoms with Gasteiger partial charge in [-0.3, -0.25) is 14.4 Å². The first-order chi connectivity index (χ1) is 17.4. The van der Waals surface area contributed by atoms with Gasteiger partial charge in [0.25, 0.3) is 0 Å². The summed E-state index contributed by atoms with van der Waals surface area (Å²) in [5.41, 5.74) is 17.5. The number of carbonyl (C=O) groups is 3. The van der Waals surface area contributed by atoms with Crippen molar-refractivity contribution in [2.75, 3.05) is 18.4 Å². The minimum absolute atomic E-state index is 0.0695. The fourth-order valence-corrected chi connectivity index (χ4v) is 3.97. The molecule has 2 aromatic carbocycles. The van der Waals surface area contributed by atoms with Crippen molar-refractivity contribution in [1.29, 1.82) is 0 Å². The largest absolute Gasteiger partial charge is 0.416 e. The third-order valence-corrected chi connectivity index (χ3v) is 6.15. The Kier molecular flexibility index (Phi) is 9.24. The molecule has 12 heteroatoms. The summed E-state index contributed by atoms with van der Waals surface area (Å²) < 4.78 is 39.2. The Morgan fingerprint density at radius 3 is 2.24 bits per heavy atom. The molecular formula is C25H31F3N6O3. The molecule has 2 aromatic rings. The van der Waals surface area contributed by atoms with Crippen LogP contribution in [0.4, 0.5) is 18.9 Å². The molecule has 1 aliphatic heterocycles. The number of rotatable bonds is 9. The predicted molar refractivity (Wildman–Crippen MR) is 132 cm³/mol. The quantitative estimate of drug-likeness (QED) is 0.332. The van der Waals surface area contributed by atoms with Crippen LogP contribution in [0.5, 0.6) is 0 Å². The smallest absolute Gasteiger partial charge is 0.343 e. The number of nitrogens with two attached hydrogens (primary N) is 3. The van der Waals surface area contributed by atoms with Gasteiger partial charge in [0.1, 0.15) is 6.04 Å². The molecule has 0 saturated carbocycles. The van der Waals surface area contributed by atoms with E-state index in [0.29, 0.717) is 6.42 Å². The maximum atomic E-state index is 13.1. The lowest BCUT2D eigenvalue weighted by atomic mass is 10.0. The lowest BCUT2D eigenvalue weighted by Gasteiger charge is -2.22. The highest BCUT2D eigenvalue weighted by molar-refractivity contribution is 5.98. The molecule has 4 atom stereocenters. The van der Waals surface area contributed by atoms with Gasteiger partial charge in [-0.15, -0.1) is 0 Å². The van der Waals surface area contributed by atoms with Gasteiger partial charge >= 0.3 is 6.18 Å². The summed E-state index contributed by atoms with van der Waals surface area (Å²) in [4.78, 5) is 39.8. The van der Waals surface area contributed by atoms with Crippen LogP contribution in [0.2, 0.25) is 0 Å². The first-order valence-corrected chi connectivity index (χ1v) is 11.8. The number of benzene rings is 2. The number of carbonyl (C=O) groups excluding carboxylic acids is 3. The molecule has 8 N–H and O–H groups in total. The van der Waals surface area contributed by atoms with Gasteiger partial charge in [-0.2, -0.15) is 13.2 Å². The van der Waals surface area contributed by atoms with E-state index in [1.54, 1.807) is 0 Å². The molecule has 9 nitrogen and oxygen atoms in total. The highest BCUT2D eigenvalue weighted by Crippen LogP contribution is 2.30. The average Bonchev–Trinajstić information content (AvgIpc) is 3.20. The summed E-state index contributed by atoms with van der Waals surface area (Å²) in [5, 5.41) is 4.98. The van der Waals surface area contributed by atoms with Crippen LogP contribution >= 0.6 is 0 Å². The van der Waals surface area contributed by atoms with Crippen LogP contribution in [0.1, 0.15) is 24.0 Å². The summed E-state index contributed by atoms with van der Waals surface area (Å²) in [5.74, 6) is -1.84. The van der Waals surface area contributed by atoms with E-state index in [0.717, 1.165) is 17.7 Å². The molecule has 0 spiro atoms. The lowest BCUT2D eigenvalue weighted by molar-refractivity contribution is -0.137. The number of nitrogens with one attached hydrogen (secondary N) is 2. The Balaban J connectivity index is 1.67. The van der Waals surface area contributed by atoms with Crippen molar-refractivity contribution in [2.45, 2.75) is 49.6 Å². The number of halogens is 3. The molecule has 1 fully saturated rings. The van der Waals surface area contributed by atoms with E-state index < -0.39 is 35.6 Å². The number of anilines is 1. The van der Waals surface area contributed by atoms with Gasteiger partial charge in [0.05, 0.1) is 18.0 Å². The van der Waals surface area contributed by atoms with E-state index in [1.165, 1.54) is 17.0 Å². The first-order valence-electron chi connectivity index (χ1n) is 11.8. The van der Waals surface area contributed by atoms with Crippen molar-refractivity contribution in [2.24, 2.45) is 17.2 Å². The molecule has 0 bridgehead atoms. The Hall–Kier alpha value is -3.48. The fourth-order valence-electron chi connectivity index (χ4n) is 3.97. The molecule has 3 amide bonds. The second-order valence-electron chi connectivity index (χ2n) is 9.09. The standard InChI is InChI=1S/C25H31F3N6O3/c26-25(27,28)16-7-4-8-17(11-16)32-24(37)21(10-9-15-5-2-1-3-6-15)33-23(36)18(29)12-22(35)34-13-19(30)20(31)14-34/h1-8,11,18-21H,9-10,12-14,29-31H2,(H,32,37)(H,33,36)/t18?,19-,20?,21?/m1/s1. The van der Waals surface area contributed by atoms with E-state index in [1.807, 2.05) is 30.3 Å². The van der Waals surface area contributed by atoms with Crippen LogP contribution in [0, 0.1) is 0 Å². The molecule has 37 heavy (non-hydrogen) atoms. The van der Waals surface area contributed by atoms with E-state index in [9.17, 15) is 27.6 Å². The number of hydrogen-bond acceptors (Lipinski definition) is 6. The number of alkyl halides is 3. The Labute approximate surface area is 212 Å². The predicted octanol–water partition coefficient (Wildman–Crippen LogP) is 0.976. The third kappa shape index (κ3) is 8.00. The molecule has 1 heterocycles. The van der Waals surface area contributed by atoms with Crippen LogP contribution < -0.4 is 27.8 Å². The van der Waals surface area contributed by atoms with Gasteiger partial charge in [-0.05, 0) is 36.6 Å². The van der Waals surface area contributed by atoms with Crippen LogP contribution in [0.3, 0.4) is 0 Å². The maximum absolute atomic E-state index is 13.1. The fraction of sp³-hybridized carbons (Fsp3) is 0.400. The molecule has 1 aliphatic rings. The van der Waals surface area contributed by atoms with E-state index >= 15 is 0 Å². The van der Waals surface area contributed by atoms with Crippen LogP contribution in [-0.2, 0) is 27.0 Å². The Bertz CT molecular complexity index is 1090. The highest BCUT2D eigenvalue weighted by Gasteiger charge is 2.33. The lowest BCUT2D eigenvalue weighted by Crippen LogP contribution is -2.51. The van der Waals surface area contributed by atoms with Crippen molar-refractivity contribution in [1.82, 2.24) is 10.2 Å². The molecule has 3 unspecified atom stereocenters. The minimum Gasteiger partial charge on any atom is -0.343 e. The second-order valence-corrected chi connectivity index (χ2v) is 9.09. The van der Waals surface area contributed by atoms with Gasteiger partial charge in [0.15, 0.2) is 0 Å². The summed E-state index contributed by atoms with van der Waals surface area (Å²) in [7, 11) is 0. The number of amides is 3. The number of hydrogen-bond donors (Lipinski definition) is 5. The van der Waals surface area contributed by atoms with Gasteiger partial charge in [0.2, 0.25) is 17.7 Å². The first kappa shape index (κ1) is 28.1. The Morgan fingerprint density at radius 1 is 0.973 bits per heavy atom. The SMILES string of the molecule is NC(CC(=O)N1CC(N)[C@H](N)C1)C(=O)NC(CCc1ccccc1)C(=O)Nc1cccc(C(F)(F)F)c1. The summed E-state index contributed by atoms with van der Waals surface area (Å²) in [6.45, 7) is 0.515. The number of nitrogens with zero attached hydrogens (tertiary/aromatic N) is 1. The van der Waals surface area contributed by atoms with E-state index in [-0.39, 0.29) is 49.6 Å². The van der Waals surface area contributed by atoms with Crippen LogP contribution in [0.15, 0.2) is 54.6 Å². The Morgan fingerprint density at radius 2 is 1.62 bits per heavy atom. The molecular weight excluding hydrogens is 489 g/mol. The number of likely N-dealkylation sites (tertiary alicyclic amines) is 1.